The number of piperazine rings is 1. The van der Waals surface area contributed by atoms with E-state index in [2.05, 4.69) is 11.9 Å². The summed E-state index contributed by atoms with van der Waals surface area (Å²) in [5.41, 5.74) is 0. The Bertz CT molecular complexity index is 265. The minimum Gasteiger partial charge on any atom is -0.445 e. The molecule has 0 aromatic rings. The highest BCUT2D eigenvalue weighted by Gasteiger charge is 2.32. The van der Waals surface area contributed by atoms with Crippen LogP contribution in [0.5, 0.6) is 0 Å². The SMILES string of the molecule is C=CCOC(=O)N1CCNC(=O)C1CC. The van der Waals surface area contributed by atoms with Crippen LogP contribution in [0.4, 0.5) is 4.79 Å². The van der Waals surface area contributed by atoms with Gasteiger partial charge in [0.1, 0.15) is 12.6 Å². The molecule has 1 aliphatic heterocycles. The first-order valence-corrected chi connectivity index (χ1v) is 5.02. The largest absolute Gasteiger partial charge is 0.445 e. The smallest absolute Gasteiger partial charge is 0.410 e. The molecule has 0 saturated carbocycles. The molecule has 0 aromatic heterocycles. The van der Waals surface area contributed by atoms with Gasteiger partial charge in [0.2, 0.25) is 5.91 Å². The predicted octanol–water partition coefficient (Wildman–Crippen LogP) is 0.519. The summed E-state index contributed by atoms with van der Waals surface area (Å²) in [7, 11) is 0. The summed E-state index contributed by atoms with van der Waals surface area (Å²) >= 11 is 0. The Hall–Kier alpha value is -1.52. The van der Waals surface area contributed by atoms with E-state index in [-0.39, 0.29) is 12.5 Å². The van der Waals surface area contributed by atoms with Crippen LogP contribution in [-0.2, 0) is 9.53 Å². The zero-order valence-electron chi connectivity index (χ0n) is 8.86. The highest BCUT2D eigenvalue weighted by atomic mass is 16.6. The Morgan fingerprint density at radius 1 is 1.80 bits per heavy atom. The third-order valence-corrected chi connectivity index (χ3v) is 2.28. The van der Waals surface area contributed by atoms with Crippen molar-refractivity contribution in [3.63, 3.8) is 0 Å². The molecule has 2 amide bonds. The van der Waals surface area contributed by atoms with Crippen LogP contribution in [0.1, 0.15) is 13.3 Å². The van der Waals surface area contributed by atoms with E-state index in [1.807, 2.05) is 6.92 Å². The van der Waals surface area contributed by atoms with E-state index in [1.54, 1.807) is 0 Å². The molecule has 1 fully saturated rings. The molecule has 1 heterocycles. The van der Waals surface area contributed by atoms with Gasteiger partial charge in [0.15, 0.2) is 0 Å². The van der Waals surface area contributed by atoms with Crippen molar-refractivity contribution in [2.24, 2.45) is 0 Å². The van der Waals surface area contributed by atoms with Gasteiger partial charge in [0, 0.05) is 13.1 Å². The molecule has 1 aliphatic rings. The van der Waals surface area contributed by atoms with Crippen molar-refractivity contribution in [2.75, 3.05) is 19.7 Å². The maximum atomic E-state index is 11.5. The molecule has 15 heavy (non-hydrogen) atoms. The number of carbonyl (C=O) groups excluding carboxylic acids is 2. The van der Waals surface area contributed by atoms with Crippen LogP contribution in [0.25, 0.3) is 0 Å². The van der Waals surface area contributed by atoms with E-state index < -0.39 is 12.1 Å². The van der Waals surface area contributed by atoms with Gasteiger partial charge in [0.25, 0.3) is 0 Å². The normalized spacial score (nSPS) is 20.7. The number of amides is 2. The first-order chi connectivity index (χ1) is 7.20. The summed E-state index contributed by atoms with van der Waals surface area (Å²) in [5, 5.41) is 2.72. The molecule has 0 spiro atoms. The Morgan fingerprint density at radius 3 is 3.13 bits per heavy atom. The third-order valence-electron chi connectivity index (χ3n) is 2.28. The number of nitrogens with zero attached hydrogens (tertiary/aromatic N) is 1. The molecule has 0 bridgehead atoms. The van der Waals surface area contributed by atoms with Crippen LogP contribution in [0.15, 0.2) is 12.7 Å². The van der Waals surface area contributed by atoms with Crippen LogP contribution in [0.2, 0.25) is 0 Å². The molecule has 1 unspecified atom stereocenters. The standard InChI is InChI=1S/C10H16N2O3/c1-3-7-15-10(14)12-6-5-11-9(13)8(12)4-2/h3,8H,1,4-7H2,2H3,(H,11,13). The fourth-order valence-corrected chi connectivity index (χ4v) is 1.55. The molecular formula is C10H16N2O3. The van der Waals surface area contributed by atoms with E-state index in [4.69, 9.17) is 4.74 Å². The average Bonchev–Trinajstić information content (AvgIpc) is 2.25. The van der Waals surface area contributed by atoms with Crippen molar-refractivity contribution in [3.05, 3.63) is 12.7 Å². The summed E-state index contributed by atoms with van der Waals surface area (Å²) in [6.07, 6.45) is 1.65. The van der Waals surface area contributed by atoms with E-state index in [9.17, 15) is 9.59 Å². The van der Waals surface area contributed by atoms with Gasteiger partial charge in [-0.25, -0.2) is 4.79 Å². The summed E-state index contributed by atoms with van der Waals surface area (Å²) in [6.45, 7) is 6.48. The quantitative estimate of drug-likeness (QED) is 0.694. The van der Waals surface area contributed by atoms with Crippen molar-refractivity contribution in [1.82, 2.24) is 10.2 Å². The lowest BCUT2D eigenvalue weighted by molar-refractivity contribution is -0.128. The Balaban J connectivity index is 2.60. The summed E-state index contributed by atoms with van der Waals surface area (Å²) in [5.74, 6) is -0.112. The zero-order valence-corrected chi connectivity index (χ0v) is 8.86. The summed E-state index contributed by atoms with van der Waals surface area (Å²) < 4.78 is 4.90. The first kappa shape index (κ1) is 11.6. The maximum absolute atomic E-state index is 11.5. The van der Waals surface area contributed by atoms with Crippen molar-refractivity contribution in [1.29, 1.82) is 0 Å². The fourth-order valence-electron chi connectivity index (χ4n) is 1.55. The van der Waals surface area contributed by atoms with E-state index >= 15 is 0 Å². The number of nitrogens with one attached hydrogen (secondary N) is 1. The van der Waals surface area contributed by atoms with Gasteiger partial charge in [-0.05, 0) is 6.42 Å². The molecule has 0 radical (unpaired) electrons. The van der Waals surface area contributed by atoms with Gasteiger partial charge in [-0.2, -0.15) is 0 Å². The van der Waals surface area contributed by atoms with Gasteiger partial charge < -0.3 is 10.1 Å². The van der Waals surface area contributed by atoms with Gasteiger partial charge in [-0.1, -0.05) is 19.6 Å². The molecular weight excluding hydrogens is 196 g/mol. The lowest BCUT2D eigenvalue weighted by Crippen LogP contribution is -2.57. The van der Waals surface area contributed by atoms with Crippen molar-refractivity contribution in [2.45, 2.75) is 19.4 Å². The van der Waals surface area contributed by atoms with E-state index in [1.165, 1.54) is 11.0 Å². The highest BCUT2D eigenvalue weighted by Crippen LogP contribution is 2.09. The average molecular weight is 212 g/mol. The molecule has 1 N–H and O–H groups in total. The Kier molecular flexibility index (Phi) is 4.15. The van der Waals surface area contributed by atoms with Crippen LogP contribution < -0.4 is 5.32 Å². The molecule has 5 heteroatoms. The summed E-state index contributed by atoms with van der Waals surface area (Å²) in [4.78, 5) is 24.4. The lowest BCUT2D eigenvalue weighted by Gasteiger charge is -2.33. The number of hydrogen-bond acceptors (Lipinski definition) is 3. The van der Waals surface area contributed by atoms with Crippen molar-refractivity contribution in [3.8, 4) is 0 Å². The van der Waals surface area contributed by atoms with Crippen LogP contribution >= 0.6 is 0 Å². The molecule has 0 aliphatic carbocycles. The zero-order chi connectivity index (χ0) is 11.3. The molecule has 1 atom stereocenters. The van der Waals surface area contributed by atoms with Gasteiger partial charge in [0.05, 0.1) is 0 Å². The summed E-state index contributed by atoms with van der Waals surface area (Å²) in [6, 6.07) is -0.406. The van der Waals surface area contributed by atoms with Gasteiger partial charge in [-0.15, -0.1) is 0 Å². The lowest BCUT2D eigenvalue weighted by atomic mass is 10.1. The minimum absolute atomic E-state index is 0.112. The van der Waals surface area contributed by atoms with Gasteiger partial charge in [-0.3, -0.25) is 9.69 Å². The molecule has 84 valence electrons. The van der Waals surface area contributed by atoms with Crippen LogP contribution in [0.3, 0.4) is 0 Å². The topological polar surface area (TPSA) is 58.6 Å². The monoisotopic (exact) mass is 212 g/mol. The highest BCUT2D eigenvalue weighted by molar-refractivity contribution is 5.86. The van der Waals surface area contributed by atoms with Crippen molar-refractivity contribution >= 4 is 12.0 Å². The first-order valence-electron chi connectivity index (χ1n) is 5.02. The molecule has 1 rings (SSSR count). The molecule has 5 nitrogen and oxygen atoms in total. The number of hydrogen-bond donors (Lipinski definition) is 1. The predicted molar refractivity (Wildman–Crippen MR) is 55.3 cm³/mol. The second-order valence-corrected chi connectivity index (χ2v) is 3.27. The van der Waals surface area contributed by atoms with E-state index in [0.717, 1.165) is 0 Å². The van der Waals surface area contributed by atoms with Crippen molar-refractivity contribution < 1.29 is 14.3 Å². The van der Waals surface area contributed by atoms with Crippen LogP contribution in [-0.4, -0.2) is 42.6 Å². The molecule has 1 saturated heterocycles. The fraction of sp³-hybridized carbons (Fsp3) is 0.600. The number of ether oxygens (including phenoxy) is 1. The number of rotatable bonds is 3. The minimum atomic E-state index is -0.448. The Labute approximate surface area is 89.1 Å². The molecule has 0 aromatic carbocycles. The van der Waals surface area contributed by atoms with E-state index in [0.29, 0.717) is 19.5 Å². The number of carbonyl (C=O) groups is 2. The Morgan fingerprint density at radius 2 is 2.53 bits per heavy atom. The van der Waals surface area contributed by atoms with Gasteiger partial charge >= 0.3 is 6.09 Å². The van der Waals surface area contributed by atoms with Crippen LogP contribution in [0, 0.1) is 0 Å². The third kappa shape index (κ3) is 2.71. The second-order valence-electron chi connectivity index (χ2n) is 3.27. The maximum Gasteiger partial charge on any atom is 0.410 e. The second kappa shape index (κ2) is 5.38.